The molecule has 0 unspecified atom stereocenters. The number of hydrogen-bond donors (Lipinski definition) is 1. The first-order valence-electron chi connectivity index (χ1n) is 7.50. The zero-order valence-electron chi connectivity index (χ0n) is 13.2. The van der Waals surface area contributed by atoms with Crippen molar-refractivity contribution in [3.8, 4) is 0 Å². The van der Waals surface area contributed by atoms with E-state index in [2.05, 4.69) is 29.6 Å². The molecule has 1 heterocycles. The van der Waals surface area contributed by atoms with Crippen molar-refractivity contribution >= 4 is 5.97 Å². The average Bonchev–Trinajstić information content (AvgIpc) is 3.33. The van der Waals surface area contributed by atoms with Gasteiger partial charge in [-0.3, -0.25) is 10.1 Å². The molecule has 0 aromatic heterocycles. The lowest BCUT2D eigenvalue weighted by Crippen LogP contribution is -2.41. The van der Waals surface area contributed by atoms with Crippen LogP contribution >= 0.6 is 0 Å². The van der Waals surface area contributed by atoms with Crippen LogP contribution in [0.4, 0.5) is 0 Å². The third-order valence-electron chi connectivity index (χ3n) is 4.77. The highest BCUT2D eigenvalue weighted by Gasteiger charge is 2.67. The Bertz CT molecular complexity index is 666. The predicted octanol–water partition coefficient (Wildman–Crippen LogP) is 3.43. The average molecular weight is 295 g/mol. The van der Waals surface area contributed by atoms with Crippen molar-refractivity contribution in [2.75, 3.05) is 7.11 Å². The van der Waals surface area contributed by atoms with Crippen LogP contribution in [-0.4, -0.2) is 13.1 Å². The van der Waals surface area contributed by atoms with Crippen LogP contribution in [-0.2, 0) is 15.1 Å². The van der Waals surface area contributed by atoms with Crippen LogP contribution in [0.2, 0.25) is 0 Å². The van der Waals surface area contributed by atoms with Crippen molar-refractivity contribution in [2.45, 2.75) is 25.4 Å². The molecule has 1 saturated heterocycles. The molecule has 114 valence electrons. The minimum atomic E-state index is -0.677. The van der Waals surface area contributed by atoms with Crippen LogP contribution in [0.3, 0.4) is 0 Å². The third-order valence-corrected chi connectivity index (χ3v) is 4.77. The largest absolute Gasteiger partial charge is 0.469 e. The fraction of sp³-hybridized carbons (Fsp3) is 0.316. The Hall–Kier alpha value is -2.13. The molecular formula is C19H21NO2. The van der Waals surface area contributed by atoms with Crippen molar-refractivity contribution in [2.24, 2.45) is 5.41 Å². The van der Waals surface area contributed by atoms with Crippen LogP contribution in [0.25, 0.3) is 0 Å². The second-order valence-electron chi connectivity index (χ2n) is 6.28. The summed E-state index contributed by atoms with van der Waals surface area (Å²) in [6.45, 7) is 3.89. The second kappa shape index (κ2) is 5.25. The molecule has 1 aliphatic rings. The van der Waals surface area contributed by atoms with Gasteiger partial charge in [0.25, 0.3) is 0 Å². The fourth-order valence-corrected chi connectivity index (χ4v) is 3.43. The lowest BCUT2D eigenvalue weighted by molar-refractivity contribution is -0.153. The Kier molecular flexibility index (Phi) is 3.53. The molecule has 22 heavy (non-hydrogen) atoms. The van der Waals surface area contributed by atoms with Crippen molar-refractivity contribution in [3.05, 3.63) is 71.8 Å². The summed E-state index contributed by atoms with van der Waals surface area (Å²) in [5, 5.41) is 3.57. The van der Waals surface area contributed by atoms with E-state index in [1.165, 1.54) is 12.7 Å². The quantitative estimate of drug-likeness (QED) is 0.694. The molecule has 1 fully saturated rings. The van der Waals surface area contributed by atoms with Gasteiger partial charge in [-0.05, 0) is 25.0 Å². The van der Waals surface area contributed by atoms with E-state index in [0.717, 1.165) is 5.56 Å². The molecule has 2 aromatic rings. The molecule has 0 saturated carbocycles. The molecule has 0 spiro atoms. The summed E-state index contributed by atoms with van der Waals surface area (Å²) in [6, 6.07) is 20.5. The summed E-state index contributed by atoms with van der Waals surface area (Å²) < 4.78 is 5.07. The molecular weight excluding hydrogens is 274 g/mol. The Balaban J connectivity index is 2.09. The number of hydrogen-bond acceptors (Lipinski definition) is 3. The van der Waals surface area contributed by atoms with Crippen LogP contribution in [0.15, 0.2) is 60.7 Å². The van der Waals surface area contributed by atoms with Crippen molar-refractivity contribution in [3.63, 3.8) is 0 Å². The monoisotopic (exact) mass is 295 g/mol. The first-order valence-corrected chi connectivity index (χ1v) is 7.50. The summed E-state index contributed by atoms with van der Waals surface area (Å²) in [5.41, 5.74) is 1.18. The first-order chi connectivity index (χ1) is 10.5. The summed E-state index contributed by atoms with van der Waals surface area (Å²) in [7, 11) is 1.45. The highest BCUT2D eigenvalue weighted by atomic mass is 16.5. The van der Waals surface area contributed by atoms with Crippen molar-refractivity contribution < 1.29 is 9.53 Å². The molecule has 3 heteroatoms. The Morgan fingerprint density at radius 1 is 1.05 bits per heavy atom. The predicted molar refractivity (Wildman–Crippen MR) is 86.2 cm³/mol. The Labute approximate surface area is 131 Å². The molecule has 0 bridgehead atoms. The lowest BCUT2D eigenvalue weighted by Gasteiger charge is -2.32. The van der Waals surface area contributed by atoms with Gasteiger partial charge in [0, 0.05) is 0 Å². The highest BCUT2D eigenvalue weighted by Crippen LogP contribution is 2.59. The van der Waals surface area contributed by atoms with E-state index in [-0.39, 0.29) is 12.0 Å². The van der Waals surface area contributed by atoms with Crippen molar-refractivity contribution in [1.82, 2.24) is 5.32 Å². The number of rotatable bonds is 4. The number of nitrogens with one attached hydrogen (secondary N) is 1. The molecule has 0 amide bonds. The van der Waals surface area contributed by atoms with Gasteiger partial charge in [0.15, 0.2) is 0 Å². The second-order valence-corrected chi connectivity index (χ2v) is 6.28. The number of esters is 1. The maximum atomic E-state index is 12.4. The van der Waals surface area contributed by atoms with Gasteiger partial charge in [-0.25, -0.2) is 0 Å². The minimum Gasteiger partial charge on any atom is -0.469 e. The van der Waals surface area contributed by atoms with E-state index in [1.807, 2.05) is 50.2 Å². The third kappa shape index (κ3) is 2.04. The molecule has 0 radical (unpaired) electrons. The number of benzene rings is 2. The highest BCUT2D eigenvalue weighted by molar-refractivity contribution is 5.80. The Morgan fingerprint density at radius 2 is 1.59 bits per heavy atom. The lowest BCUT2D eigenvalue weighted by atomic mass is 9.71. The van der Waals surface area contributed by atoms with E-state index in [1.54, 1.807) is 0 Å². The number of carbonyl (C=O) groups excluding carboxylic acids is 1. The molecule has 3 rings (SSSR count). The van der Waals surface area contributed by atoms with E-state index >= 15 is 0 Å². The summed E-state index contributed by atoms with van der Waals surface area (Å²) in [5.74, 6) is -0.206. The summed E-state index contributed by atoms with van der Waals surface area (Å²) >= 11 is 0. The SMILES string of the molecule is COC(=O)C(C)(C)[C@]1(c2ccccc2)N[C@H]1c1ccccc1. The Morgan fingerprint density at radius 3 is 2.14 bits per heavy atom. The number of methoxy groups -OCH3 is 1. The van der Waals surface area contributed by atoms with Gasteiger partial charge in [-0.2, -0.15) is 0 Å². The van der Waals surface area contributed by atoms with E-state index in [9.17, 15) is 4.79 Å². The smallest absolute Gasteiger partial charge is 0.313 e. The molecule has 0 aliphatic carbocycles. The maximum absolute atomic E-state index is 12.4. The molecule has 1 N–H and O–H groups in total. The molecule has 2 atom stereocenters. The topological polar surface area (TPSA) is 48.2 Å². The fourth-order valence-electron chi connectivity index (χ4n) is 3.43. The molecule has 3 nitrogen and oxygen atoms in total. The minimum absolute atomic E-state index is 0.102. The number of ether oxygens (including phenoxy) is 1. The van der Waals surface area contributed by atoms with Gasteiger partial charge in [-0.15, -0.1) is 0 Å². The van der Waals surface area contributed by atoms with Gasteiger partial charge in [0.1, 0.15) is 0 Å². The first kappa shape index (κ1) is 14.8. The van der Waals surface area contributed by atoms with E-state index in [4.69, 9.17) is 4.74 Å². The van der Waals surface area contributed by atoms with Crippen molar-refractivity contribution in [1.29, 1.82) is 0 Å². The normalized spacial score (nSPS) is 23.9. The van der Waals surface area contributed by atoms with Gasteiger partial charge < -0.3 is 4.74 Å². The zero-order valence-corrected chi connectivity index (χ0v) is 13.2. The zero-order chi connectivity index (χ0) is 15.8. The van der Waals surface area contributed by atoms with Crippen LogP contribution < -0.4 is 5.32 Å². The standard InChI is InChI=1S/C19H21NO2/c1-18(2,17(21)22-3)19(15-12-8-5-9-13-15)16(20-19)14-10-6-4-7-11-14/h4-13,16,20H,1-3H3/t16-,19+/m0/s1. The molecule has 1 aliphatic heterocycles. The molecule has 2 aromatic carbocycles. The van der Waals surface area contributed by atoms with Gasteiger partial charge in [-0.1, -0.05) is 60.7 Å². The van der Waals surface area contributed by atoms with Gasteiger partial charge >= 0.3 is 5.97 Å². The van der Waals surface area contributed by atoms with E-state index < -0.39 is 11.0 Å². The maximum Gasteiger partial charge on any atom is 0.313 e. The number of carbonyl (C=O) groups is 1. The van der Waals surface area contributed by atoms with E-state index in [0.29, 0.717) is 0 Å². The van der Waals surface area contributed by atoms with Crippen LogP contribution in [0.5, 0.6) is 0 Å². The van der Waals surface area contributed by atoms with Crippen LogP contribution in [0.1, 0.15) is 31.0 Å². The summed E-state index contributed by atoms with van der Waals surface area (Å²) in [4.78, 5) is 12.4. The summed E-state index contributed by atoms with van der Waals surface area (Å²) in [6.07, 6.45) is 0. The van der Waals surface area contributed by atoms with Crippen LogP contribution in [0, 0.1) is 5.41 Å². The van der Waals surface area contributed by atoms with Gasteiger partial charge in [0.05, 0.1) is 24.1 Å². The van der Waals surface area contributed by atoms with Gasteiger partial charge in [0.2, 0.25) is 0 Å².